The molecule has 0 radical (unpaired) electrons. The third-order valence-corrected chi connectivity index (χ3v) is 6.69. The topological polar surface area (TPSA) is 48.7 Å². The number of fused-ring (bicyclic) bond motifs is 1. The first kappa shape index (κ1) is 18.8. The molecule has 2 saturated heterocycles. The van der Waals surface area contributed by atoms with Crippen molar-refractivity contribution in [3.8, 4) is 0 Å². The molecule has 5 nitrogen and oxygen atoms in total. The minimum absolute atomic E-state index is 0.0970. The molecule has 4 rings (SSSR count). The molecular weight excluding hydrogens is 362 g/mol. The second-order valence-corrected chi connectivity index (χ2v) is 8.38. The van der Waals surface area contributed by atoms with E-state index in [0.29, 0.717) is 29.3 Å². The van der Waals surface area contributed by atoms with Gasteiger partial charge in [0.2, 0.25) is 0 Å². The lowest BCUT2D eigenvalue weighted by molar-refractivity contribution is 0.0440. The van der Waals surface area contributed by atoms with Crippen LogP contribution in [0.15, 0.2) is 24.3 Å². The minimum atomic E-state index is 0.0970. The van der Waals surface area contributed by atoms with Gasteiger partial charge in [-0.2, -0.15) is 0 Å². The fourth-order valence-corrected chi connectivity index (χ4v) is 4.85. The first-order valence-electron chi connectivity index (χ1n) is 9.96. The number of hydrogen-bond acceptors (Lipinski definition) is 3. The van der Waals surface area contributed by atoms with Crippen LogP contribution in [0.1, 0.15) is 36.2 Å². The Morgan fingerprint density at radius 3 is 2.70 bits per heavy atom. The molecule has 146 valence electrons. The van der Waals surface area contributed by atoms with Crippen LogP contribution in [0, 0.1) is 5.92 Å². The van der Waals surface area contributed by atoms with Gasteiger partial charge in [0.25, 0.3) is 5.91 Å². The smallest absolute Gasteiger partial charge is 0.270 e. The van der Waals surface area contributed by atoms with Crippen LogP contribution in [-0.4, -0.2) is 64.2 Å². The number of nitrogens with zero attached hydrogens (tertiary/aromatic N) is 3. The highest BCUT2D eigenvalue weighted by molar-refractivity contribution is 6.35. The Bertz CT molecular complexity index is 826. The zero-order chi connectivity index (χ0) is 19.0. The average Bonchev–Trinajstić information content (AvgIpc) is 3.06. The van der Waals surface area contributed by atoms with Crippen LogP contribution < -0.4 is 0 Å². The molecule has 2 aliphatic heterocycles. The van der Waals surface area contributed by atoms with Gasteiger partial charge in [-0.25, -0.2) is 0 Å². The standard InChI is InChI=1S/C21H28ClN3O2/c1-23-19-6-2-5-18(22)17(19)12-20(23)21(27)25-9-3-4-16(13-25)24-10-7-15(14-26)8-11-24/h2,5-6,12,15-16,26H,3-4,7-11,13-14H2,1H3. The van der Waals surface area contributed by atoms with Gasteiger partial charge in [-0.1, -0.05) is 17.7 Å². The minimum Gasteiger partial charge on any atom is -0.396 e. The van der Waals surface area contributed by atoms with Gasteiger partial charge in [-0.15, -0.1) is 0 Å². The zero-order valence-electron chi connectivity index (χ0n) is 15.9. The van der Waals surface area contributed by atoms with Crippen molar-refractivity contribution in [1.29, 1.82) is 0 Å². The number of halogens is 1. The van der Waals surface area contributed by atoms with Gasteiger partial charge in [-0.05, 0) is 62.9 Å². The Hall–Kier alpha value is -1.56. The van der Waals surface area contributed by atoms with E-state index in [2.05, 4.69) is 4.90 Å². The van der Waals surface area contributed by atoms with Crippen molar-refractivity contribution in [2.24, 2.45) is 13.0 Å². The zero-order valence-corrected chi connectivity index (χ0v) is 16.7. The molecule has 0 bridgehead atoms. The summed E-state index contributed by atoms with van der Waals surface area (Å²) < 4.78 is 1.96. The Morgan fingerprint density at radius 2 is 2.00 bits per heavy atom. The maximum atomic E-state index is 13.2. The molecule has 2 aromatic rings. The van der Waals surface area contributed by atoms with Gasteiger partial charge in [0.05, 0.1) is 0 Å². The van der Waals surface area contributed by atoms with E-state index in [1.165, 1.54) is 0 Å². The van der Waals surface area contributed by atoms with E-state index >= 15 is 0 Å². The summed E-state index contributed by atoms with van der Waals surface area (Å²) in [6.45, 7) is 3.96. The maximum absolute atomic E-state index is 13.2. The Labute approximate surface area is 165 Å². The lowest BCUT2D eigenvalue weighted by atomic mass is 9.94. The largest absolute Gasteiger partial charge is 0.396 e. The number of aromatic nitrogens is 1. The summed E-state index contributed by atoms with van der Waals surface area (Å²) in [5.74, 6) is 0.544. The Balaban J connectivity index is 1.49. The van der Waals surface area contributed by atoms with Crippen LogP contribution in [0.4, 0.5) is 0 Å². The lowest BCUT2D eigenvalue weighted by Gasteiger charge is -2.42. The SMILES string of the molecule is Cn1c(C(=O)N2CCCC(N3CCC(CO)CC3)C2)cc2c(Cl)cccc21. The number of likely N-dealkylation sites (tertiary alicyclic amines) is 2. The van der Waals surface area contributed by atoms with Gasteiger partial charge in [0.15, 0.2) is 0 Å². The molecule has 2 aliphatic rings. The molecule has 1 amide bonds. The molecule has 0 saturated carbocycles. The Kier molecular flexibility index (Phi) is 5.44. The van der Waals surface area contributed by atoms with E-state index in [1.54, 1.807) is 0 Å². The van der Waals surface area contributed by atoms with Crippen LogP contribution in [0.25, 0.3) is 10.9 Å². The number of aliphatic hydroxyl groups is 1. The molecule has 0 spiro atoms. The summed E-state index contributed by atoms with van der Waals surface area (Å²) >= 11 is 6.32. The molecule has 1 aromatic carbocycles. The van der Waals surface area contributed by atoms with Crippen molar-refractivity contribution in [3.63, 3.8) is 0 Å². The summed E-state index contributed by atoms with van der Waals surface area (Å²) in [7, 11) is 1.94. The van der Waals surface area contributed by atoms with Crippen molar-refractivity contribution in [2.45, 2.75) is 31.7 Å². The molecular formula is C21H28ClN3O2. The second-order valence-electron chi connectivity index (χ2n) is 7.97. The number of benzene rings is 1. The predicted octanol–water partition coefficient (Wildman–Crippen LogP) is 3.14. The van der Waals surface area contributed by atoms with Crippen LogP contribution in [0.5, 0.6) is 0 Å². The number of piperidine rings is 2. The maximum Gasteiger partial charge on any atom is 0.270 e. The molecule has 2 fully saturated rings. The van der Waals surface area contributed by atoms with E-state index < -0.39 is 0 Å². The number of carbonyl (C=O) groups is 1. The van der Waals surface area contributed by atoms with Crippen LogP contribution in [0.3, 0.4) is 0 Å². The van der Waals surface area contributed by atoms with Crippen LogP contribution in [0.2, 0.25) is 5.02 Å². The van der Waals surface area contributed by atoms with Gasteiger partial charge in [0.1, 0.15) is 5.69 Å². The fraction of sp³-hybridized carbons (Fsp3) is 0.571. The highest BCUT2D eigenvalue weighted by Gasteiger charge is 2.31. The average molecular weight is 390 g/mol. The first-order chi connectivity index (χ1) is 13.1. The van der Waals surface area contributed by atoms with Crippen molar-refractivity contribution < 1.29 is 9.90 Å². The summed E-state index contributed by atoms with van der Waals surface area (Å²) in [4.78, 5) is 17.8. The van der Waals surface area contributed by atoms with Crippen LogP contribution in [-0.2, 0) is 7.05 Å². The summed E-state index contributed by atoms with van der Waals surface area (Å²) in [5, 5.41) is 11.0. The third-order valence-electron chi connectivity index (χ3n) is 6.36. The third kappa shape index (κ3) is 3.60. The first-order valence-corrected chi connectivity index (χ1v) is 10.3. The van der Waals surface area contributed by atoms with E-state index in [1.807, 2.05) is 40.8 Å². The van der Waals surface area contributed by atoms with Gasteiger partial charge < -0.3 is 14.6 Å². The monoisotopic (exact) mass is 389 g/mol. The number of aryl methyl sites for hydroxylation is 1. The second kappa shape index (κ2) is 7.82. The van der Waals surface area contributed by atoms with Gasteiger partial charge in [-0.3, -0.25) is 9.69 Å². The van der Waals surface area contributed by atoms with Crippen molar-refractivity contribution in [1.82, 2.24) is 14.4 Å². The number of amides is 1. The fourth-order valence-electron chi connectivity index (χ4n) is 4.63. The normalized spacial score (nSPS) is 22.5. The predicted molar refractivity (Wildman–Crippen MR) is 108 cm³/mol. The summed E-state index contributed by atoms with van der Waals surface area (Å²) in [6, 6.07) is 8.15. The van der Waals surface area contributed by atoms with Gasteiger partial charge >= 0.3 is 0 Å². The Morgan fingerprint density at radius 1 is 1.22 bits per heavy atom. The molecule has 3 heterocycles. The molecule has 6 heteroatoms. The molecule has 1 N–H and O–H groups in total. The van der Waals surface area contributed by atoms with E-state index in [9.17, 15) is 9.90 Å². The number of carbonyl (C=O) groups excluding carboxylic acids is 1. The number of aliphatic hydroxyl groups excluding tert-OH is 1. The van der Waals surface area contributed by atoms with Crippen molar-refractivity contribution in [2.75, 3.05) is 32.8 Å². The van der Waals surface area contributed by atoms with Gasteiger partial charge in [0, 0.05) is 48.7 Å². The molecule has 1 aromatic heterocycles. The quantitative estimate of drug-likeness (QED) is 0.877. The lowest BCUT2D eigenvalue weighted by Crippen LogP contribution is -2.52. The van der Waals surface area contributed by atoms with Crippen molar-refractivity contribution in [3.05, 3.63) is 35.0 Å². The summed E-state index contributed by atoms with van der Waals surface area (Å²) in [6.07, 6.45) is 4.31. The highest BCUT2D eigenvalue weighted by atomic mass is 35.5. The van der Waals surface area contributed by atoms with Crippen LogP contribution >= 0.6 is 11.6 Å². The van der Waals surface area contributed by atoms with E-state index in [4.69, 9.17) is 11.6 Å². The summed E-state index contributed by atoms with van der Waals surface area (Å²) in [5.41, 5.74) is 1.70. The number of hydrogen-bond donors (Lipinski definition) is 1. The van der Waals surface area contributed by atoms with E-state index in [0.717, 1.165) is 62.8 Å². The van der Waals surface area contributed by atoms with E-state index in [-0.39, 0.29) is 5.91 Å². The highest BCUT2D eigenvalue weighted by Crippen LogP contribution is 2.28. The molecule has 27 heavy (non-hydrogen) atoms. The molecule has 1 unspecified atom stereocenters. The molecule has 0 aliphatic carbocycles. The number of rotatable bonds is 3. The van der Waals surface area contributed by atoms with Crippen molar-refractivity contribution >= 4 is 28.4 Å². The molecule has 1 atom stereocenters.